The fourth-order valence-corrected chi connectivity index (χ4v) is 3.42. The van der Waals surface area contributed by atoms with Crippen LogP contribution in [0, 0.1) is 5.82 Å². The molecular formula is C15H19BrClFN2S. The van der Waals surface area contributed by atoms with E-state index in [1.54, 1.807) is 6.07 Å². The van der Waals surface area contributed by atoms with Gasteiger partial charge in [0.2, 0.25) is 0 Å². The fraction of sp³-hybridized carbons (Fsp3) is 0.533. The van der Waals surface area contributed by atoms with Crippen LogP contribution in [0.25, 0.3) is 11.0 Å². The summed E-state index contributed by atoms with van der Waals surface area (Å²) in [5.74, 6) is 2.10. The Balaban J connectivity index is 2.08. The third-order valence-electron chi connectivity index (χ3n) is 3.47. The molecule has 2 aromatic rings. The number of unbranched alkanes of at least 4 members (excludes halogenated alkanes) is 3. The van der Waals surface area contributed by atoms with Crippen molar-refractivity contribution in [3.05, 3.63) is 28.2 Å². The lowest BCUT2D eigenvalue weighted by molar-refractivity contribution is 0.582. The first kappa shape index (κ1) is 17.1. The van der Waals surface area contributed by atoms with Crippen molar-refractivity contribution in [2.24, 2.45) is 0 Å². The maximum atomic E-state index is 13.6. The monoisotopic (exact) mass is 392 g/mol. The second-order valence-electron chi connectivity index (χ2n) is 4.98. The Hall–Kier alpha value is -0.260. The van der Waals surface area contributed by atoms with Crippen molar-refractivity contribution >= 4 is 50.3 Å². The van der Waals surface area contributed by atoms with Crippen molar-refractivity contribution in [3.8, 4) is 0 Å². The van der Waals surface area contributed by atoms with E-state index in [4.69, 9.17) is 11.6 Å². The van der Waals surface area contributed by atoms with E-state index in [1.807, 2.05) is 11.8 Å². The number of aromatic nitrogens is 2. The average molecular weight is 394 g/mol. The van der Waals surface area contributed by atoms with E-state index in [9.17, 15) is 4.39 Å². The van der Waals surface area contributed by atoms with Crippen LogP contribution in [-0.4, -0.2) is 21.6 Å². The molecule has 0 spiro atoms. The predicted molar refractivity (Wildman–Crippen MR) is 93.8 cm³/mol. The highest BCUT2D eigenvalue weighted by Crippen LogP contribution is 2.25. The van der Waals surface area contributed by atoms with Crippen LogP contribution in [0.1, 0.15) is 31.5 Å². The van der Waals surface area contributed by atoms with Gasteiger partial charge in [0.15, 0.2) is 0 Å². The van der Waals surface area contributed by atoms with Crippen LogP contribution in [-0.2, 0) is 12.4 Å². The van der Waals surface area contributed by atoms with Gasteiger partial charge >= 0.3 is 0 Å². The molecule has 1 aromatic heterocycles. The molecule has 0 saturated carbocycles. The molecule has 0 radical (unpaired) electrons. The van der Waals surface area contributed by atoms with Crippen LogP contribution in [0.15, 0.2) is 16.6 Å². The third-order valence-corrected chi connectivity index (χ3v) is 5.01. The molecule has 0 amide bonds. The number of thioether (sulfide) groups is 1. The van der Waals surface area contributed by atoms with Crippen LogP contribution in [0.4, 0.5) is 4.39 Å². The molecule has 0 saturated heterocycles. The molecule has 1 aromatic carbocycles. The number of benzene rings is 1. The van der Waals surface area contributed by atoms with E-state index in [2.05, 4.69) is 31.7 Å². The molecule has 2 nitrogen and oxygen atoms in total. The van der Waals surface area contributed by atoms with Gasteiger partial charge in [-0.1, -0.05) is 12.8 Å². The highest BCUT2D eigenvalue weighted by atomic mass is 79.9. The summed E-state index contributed by atoms with van der Waals surface area (Å²) in [7, 11) is 0. The molecule has 0 atom stereocenters. The standard InChI is InChI=1S/C15H19BrClFN2S/c1-21-7-5-3-2-4-6-20-14-8-11(16)12(18)9-13(14)19-15(20)10-17/h8-9H,2-7,10H2,1H3. The van der Waals surface area contributed by atoms with Gasteiger partial charge < -0.3 is 4.57 Å². The summed E-state index contributed by atoms with van der Waals surface area (Å²) in [5, 5.41) is 0. The molecule has 0 aliphatic carbocycles. The van der Waals surface area contributed by atoms with Crippen LogP contribution in [0.5, 0.6) is 0 Å². The maximum Gasteiger partial charge on any atom is 0.139 e. The number of alkyl halides is 1. The van der Waals surface area contributed by atoms with E-state index in [-0.39, 0.29) is 5.82 Å². The zero-order valence-corrected chi connectivity index (χ0v) is 15.2. The minimum atomic E-state index is -0.287. The van der Waals surface area contributed by atoms with Gasteiger partial charge in [-0.2, -0.15) is 11.8 Å². The first-order chi connectivity index (χ1) is 10.2. The van der Waals surface area contributed by atoms with Gasteiger partial charge in [0.25, 0.3) is 0 Å². The number of fused-ring (bicyclic) bond motifs is 1. The Morgan fingerprint density at radius 2 is 2.05 bits per heavy atom. The van der Waals surface area contributed by atoms with Crippen LogP contribution in [0.2, 0.25) is 0 Å². The topological polar surface area (TPSA) is 17.8 Å². The molecule has 0 aliphatic heterocycles. The van der Waals surface area contributed by atoms with E-state index < -0.39 is 0 Å². The van der Waals surface area contributed by atoms with E-state index in [0.29, 0.717) is 15.9 Å². The lowest BCUT2D eigenvalue weighted by atomic mass is 10.2. The van der Waals surface area contributed by atoms with Crippen molar-refractivity contribution in [1.82, 2.24) is 9.55 Å². The molecular weight excluding hydrogens is 375 g/mol. The molecule has 2 rings (SSSR count). The van der Waals surface area contributed by atoms with Crippen molar-refractivity contribution in [1.29, 1.82) is 0 Å². The smallest absolute Gasteiger partial charge is 0.139 e. The summed E-state index contributed by atoms with van der Waals surface area (Å²) in [5.41, 5.74) is 1.62. The number of aryl methyl sites for hydroxylation is 1. The number of imidazole rings is 1. The van der Waals surface area contributed by atoms with Gasteiger partial charge in [-0.15, -0.1) is 11.6 Å². The highest BCUT2D eigenvalue weighted by molar-refractivity contribution is 9.10. The van der Waals surface area contributed by atoms with Crippen molar-refractivity contribution in [3.63, 3.8) is 0 Å². The van der Waals surface area contributed by atoms with E-state index in [1.165, 1.54) is 31.1 Å². The van der Waals surface area contributed by atoms with Gasteiger partial charge in [-0.3, -0.25) is 0 Å². The molecule has 0 fully saturated rings. The van der Waals surface area contributed by atoms with E-state index >= 15 is 0 Å². The highest BCUT2D eigenvalue weighted by Gasteiger charge is 2.12. The lowest BCUT2D eigenvalue weighted by Gasteiger charge is -2.08. The molecule has 0 aliphatic rings. The Bertz CT molecular complexity index is 603. The van der Waals surface area contributed by atoms with E-state index in [0.717, 1.165) is 24.3 Å². The fourth-order valence-electron chi connectivity index (χ4n) is 2.39. The number of halogens is 3. The first-order valence-electron chi connectivity index (χ1n) is 7.06. The molecule has 21 heavy (non-hydrogen) atoms. The number of rotatable bonds is 8. The minimum Gasteiger partial charge on any atom is -0.327 e. The zero-order valence-electron chi connectivity index (χ0n) is 12.0. The van der Waals surface area contributed by atoms with Crippen LogP contribution >= 0.6 is 39.3 Å². The summed E-state index contributed by atoms with van der Waals surface area (Å²) in [6, 6.07) is 3.26. The summed E-state index contributed by atoms with van der Waals surface area (Å²) >= 11 is 11.1. The average Bonchev–Trinajstić information content (AvgIpc) is 2.80. The Kier molecular flexibility index (Phi) is 6.83. The van der Waals surface area contributed by atoms with Crippen LogP contribution < -0.4 is 0 Å². The number of hydrogen-bond donors (Lipinski definition) is 0. The Labute approximate surface area is 142 Å². The second-order valence-corrected chi connectivity index (χ2v) is 7.08. The SMILES string of the molecule is CSCCCCCCn1c(CCl)nc2cc(F)c(Br)cc21. The zero-order chi connectivity index (χ0) is 15.2. The summed E-state index contributed by atoms with van der Waals surface area (Å²) < 4.78 is 16.2. The summed E-state index contributed by atoms with van der Waals surface area (Å²) in [6.07, 6.45) is 6.96. The Morgan fingerprint density at radius 3 is 2.76 bits per heavy atom. The maximum absolute atomic E-state index is 13.6. The number of nitrogens with zero attached hydrogens (tertiary/aromatic N) is 2. The van der Waals surface area contributed by atoms with Crippen molar-refractivity contribution in [2.45, 2.75) is 38.1 Å². The quantitative estimate of drug-likeness (QED) is 0.429. The lowest BCUT2D eigenvalue weighted by Crippen LogP contribution is -2.02. The molecule has 1 heterocycles. The predicted octanol–water partition coefficient (Wildman–Crippen LogP) is 5.60. The van der Waals surface area contributed by atoms with Gasteiger partial charge in [0, 0.05) is 12.6 Å². The Morgan fingerprint density at radius 1 is 1.29 bits per heavy atom. The van der Waals surface area contributed by atoms with Gasteiger partial charge in [0.1, 0.15) is 11.6 Å². The first-order valence-corrected chi connectivity index (χ1v) is 9.78. The van der Waals surface area contributed by atoms with Gasteiger partial charge in [-0.25, -0.2) is 9.37 Å². The number of hydrogen-bond acceptors (Lipinski definition) is 2. The summed E-state index contributed by atoms with van der Waals surface area (Å²) in [6.45, 7) is 0.885. The molecule has 116 valence electrons. The minimum absolute atomic E-state index is 0.287. The van der Waals surface area contributed by atoms with Gasteiger partial charge in [0.05, 0.1) is 21.4 Å². The molecule has 0 bridgehead atoms. The second kappa shape index (κ2) is 8.39. The largest absolute Gasteiger partial charge is 0.327 e. The van der Waals surface area contributed by atoms with Gasteiger partial charge in [-0.05, 0) is 46.8 Å². The van der Waals surface area contributed by atoms with Crippen LogP contribution in [0.3, 0.4) is 0 Å². The molecule has 6 heteroatoms. The summed E-state index contributed by atoms with van der Waals surface area (Å²) in [4.78, 5) is 4.43. The molecule has 0 N–H and O–H groups in total. The van der Waals surface area contributed by atoms with Crippen molar-refractivity contribution < 1.29 is 4.39 Å². The molecule has 0 unspecified atom stereocenters. The normalized spacial score (nSPS) is 11.4. The van der Waals surface area contributed by atoms with Crippen molar-refractivity contribution in [2.75, 3.05) is 12.0 Å². The third kappa shape index (κ3) is 4.36.